The van der Waals surface area contributed by atoms with Gasteiger partial charge >= 0.3 is 0 Å². The Bertz CT molecular complexity index is 1500. The maximum atomic E-state index is 13.7. The summed E-state index contributed by atoms with van der Waals surface area (Å²) in [5, 5.41) is 12.2. The first-order valence-corrected chi connectivity index (χ1v) is 17.1. The normalized spacial score (nSPS) is 19.3. The average Bonchev–Trinajstić information content (AvgIpc) is 3.20. The van der Waals surface area contributed by atoms with E-state index in [1.54, 1.807) is 0 Å². The summed E-state index contributed by atoms with van der Waals surface area (Å²) in [5.74, 6) is -0.316. The van der Waals surface area contributed by atoms with Gasteiger partial charge in [0, 0.05) is 51.9 Å². The molecule has 3 aliphatic rings. The monoisotopic (exact) mass is 575 g/mol. The van der Waals surface area contributed by atoms with E-state index >= 15 is 0 Å². The Morgan fingerprint density at radius 3 is 1.69 bits per heavy atom. The van der Waals surface area contributed by atoms with E-state index in [0.717, 1.165) is 66.8 Å². The molecule has 42 heavy (non-hydrogen) atoms. The molecule has 0 aromatic heterocycles. The van der Waals surface area contributed by atoms with E-state index < -0.39 is 0 Å². The van der Waals surface area contributed by atoms with Gasteiger partial charge in [0.05, 0.1) is 0 Å². The van der Waals surface area contributed by atoms with Crippen molar-refractivity contribution in [3.63, 3.8) is 0 Å². The molecule has 2 N–H and O–H groups in total. The highest BCUT2D eigenvalue weighted by Gasteiger charge is 2.36. The van der Waals surface area contributed by atoms with Crippen LogP contribution in [0.3, 0.4) is 0 Å². The van der Waals surface area contributed by atoms with Crippen molar-refractivity contribution in [3.05, 3.63) is 96.1 Å². The standard InChI is InChI=1S/C36H38N3O2P/c40-35-27-19-21-31-34-32(38-30-18-10-9-17-29(30)37-31)22-20-28(33(27)34)36(41)39(35)23-11-1-2-12-24-42(25-13-5-3-6-14-25)26-15-7-4-8-16-26/h3-8,13-16,19-22,29-30,37-38H,1-2,9-12,17-18,23-24H2. The highest BCUT2D eigenvalue weighted by atomic mass is 31.1. The van der Waals surface area contributed by atoms with Crippen LogP contribution >= 0.6 is 7.92 Å². The molecule has 0 bridgehead atoms. The largest absolute Gasteiger partial charge is 0.380 e. The molecule has 4 aromatic rings. The Kier molecular flexibility index (Phi) is 7.69. The van der Waals surface area contributed by atoms with Crippen LogP contribution in [0.5, 0.6) is 0 Å². The molecule has 4 aromatic carbocycles. The zero-order chi connectivity index (χ0) is 28.5. The second kappa shape index (κ2) is 11.9. The van der Waals surface area contributed by atoms with Gasteiger partial charge in [-0.15, -0.1) is 0 Å². The number of amides is 2. The van der Waals surface area contributed by atoms with E-state index in [0.29, 0.717) is 29.8 Å². The molecule has 1 aliphatic carbocycles. The van der Waals surface area contributed by atoms with Crippen molar-refractivity contribution in [2.24, 2.45) is 0 Å². The zero-order valence-electron chi connectivity index (χ0n) is 24.0. The summed E-state index contributed by atoms with van der Waals surface area (Å²) in [4.78, 5) is 28.8. The highest BCUT2D eigenvalue weighted by molar-refractivity contribution is 7.73. The van der Waals surface area contributed by atoms with Crippen LogP contribution in [0.15, 0.2) is 84.9 Å². The summed E-state index contributed by atoms with van der Waals surface area (Å²) in [5.41, 5.74) is 3.37. The third-order valence-corrected chi connectivity index (χ3v) is 11.8. The second-order valence-electron chi connectivity index (χ2n) is 11.9. The molecular weight excluding hydrogens is 537 g/mol. The number of carbonyl (C=O) groups is 2. The van der Waals surface area contributed by atoms with Gasteiger partial charge in [-0.1, -0.05) is 86.3 Å². The highest BCUT2D eigenvalue weighted by Crippen LogP contribution is 2.42. The van der Waals surface area contributed by atoms with Crippen LogP contribution in [0.1, 0.15) is 72.1 Å². The van der Waals surface area contributed by atoms with Gasteiger partial charge in [0.25, 0.3) is 11.8 Å². The Morgan fingerprint density at radius 2 is 1.14 bits per heavy atom. The van der Waals surface area contributed by atoms with Crippen LogP contribution in [0.25, 0.3) is 10.8 Å². The molecule has 7 rings (SSSR count). The Morgan fingerprint density at radius 1 is 0.619 bits per heavy atom. The minimum absolute atomic E-state index is 0.158. The summed E-state index contributed by atoms with van der Waals surface area (Å²) in [6, 6.07) is 30.4. The number of carbonyl (C=O) groups excluding carboxylic acids is 2. The molecule has 2 atom stereocenters. The van der Waals surface area contributed by atoms with E-state index in [1.165, 1.54) is 28.4 Å². The number of nitrogens with one attached hydrogen (secondary N) is 2. The maximum absolute atomic E-state index is 13.7. The molecule has 2 amide bonds. The SMILES string of the molecule is O=C1c2ccc3c4c(ccc(c24)C(=O)N1CCCCCCP(c1ccccc1)c1ccccc1)NC1CCCCC1N3. The van der Waals surface area contributed by atoms with Crippen molar-refractivity contribution < 1.29 is 9.59 Å². The van der Waals surface area contributed by atoms with Crippen LogP contribution in [0, 0.1) is 0 Å². The van der Waals surface area contributed by atoms with Crippen LogP contribution in [0.2, 0.25) is 0 Å². The lowest BCUT2D eigenvalue weighted by molar-refractivity contribution is 0.0608. The number of nitrogens with zero attached hydrogens (tertiary/aromatic N) is 1. The summed E-state index contributed by atoms with van der Waals surface area (Å²) in [7, 11) is -0.384. The predicted octanol–water partition coefficient (Wildman–Crippen LogP) is 7.28. The number of fused-ring (bicyclic) bond motifs is 1. The van der Waals surface area contributed by atoms with E-state index in [-0.39, 0.29) is 19.7 Å². The lowest BCUT2D eigenvalue weighted by Crippen LogP contribution is -2.41. The van der Waals surface area contributed by atoms with Crippen LogP contribution in [0.4, 0.5) is 11.4 Å². The van der Waals surface area contributed by atoms with E-state index in [1.807, 2.05) is 24.3 Å². The zero-order valence-corrected chi connectivity index (χ0v) is 24.9. The first kappa shape index (κ1) is 27.2. The molecule has 0 saturated heterocycles. The Balaban J connectivity index is 1.01. The van der Waals surface area contributed by atoms with Crippen molar-refractivity contribution in [1.82, 2.24) is 4.90 Å². The first-order chi connectivity index (χ1) is 20.7. The fourth-order valence-electron chi connectivity index (χ4n) is 7.07. The van der Waals surface area contributed by atoms with Gasteiger partial charge < -0.3 is 10.6 Å². The minimum Gasteiger partial charge on any atom is -0.380 e. The lowest BCUT2D eigenvalue weighted by Gasteiger charge is -2.32. The lowest BCUT2D eigenvalue weighted by atomic mass is 9.90. The quantitative estimate of drug-likeness (QED) is 0.125. The van der Waals surface area contributed by atoms with Crippen molar-refractivity contribution in [3.8, 4) is 0 Å². The molecule has 6 heteroatoms. The van der Waals surface area contributed by atoms with Gasteiger partial charge in [-0.2, -0.15) is 0 Å². The number of hydrogen-bond donors (Lipinski definition) is 2. The minimum atomic E-state index is -0.384. The van der Waals surface area contributed by atoms with Gasteiger partial charge in [-0.05, 0) is 74.6 Å². The smallest absolute Gasteiger partial charge is 0.261 e. The van der Waals surface area contributed by atoms with Crippen LogP contribution < -0.4 is 21.2 Å². The third kappa shape index (κ3) is 5.09. The van der Waals surface area contributed by atoms with Gasteiger partial charge in [0.2, 0.25) is 0 Å². The number of imide groups is 1. The van der Waals surface area contributed by atoms with Gasteiger partial charge in [-0.3, -0.25) is 14.5 Å². The van der Waals surface area contributed by atoms with Crippen LogP contribution in [-0.2, 0) is 0 Å². The van der Waals surface area contributed by atoms with Crippen molar-refractivity contribution in [1.29, 1.82) is 0 Å². The fourth-order valence-corrected chi connectivity index (χ4v) is 9.49. The molecule has 0 spiro atoms. The Hall–Kier alpha value is -3.69. The van der Waals surface area contributed by atoms with Gasteiger partial charge in [0.1, 0.15) is 0 Å². The van der Waals surface area contributed by atoms with E-state index in [9.17, 15) is 9.59 Å². The Labute approximate surface area is 249 Å². The molecule has 1 fully saturated rings. The number of anilines is 2. The van der Waals surface area contributed by atoms with Gasteiger partial charge in [-0.25, -0.2) is 0 Å². The number of unbranched alkanes of at least 4 members (excludes halogenated alkanes) is 3. The van der Waals surface area contributed by atoms with E-state index in [2.05, 4.69) is 71.3 Å². The molecule has 0 radical (unpaired) electrons. The molecule has 2 aliphatic heterocycles. The second-order valence-corrected chi connectivity index (χ2v) is 14.2. The number of benzene rings is 4. The predicted molar refractivity (Wildman–Crippen MR) is 175 cm³/mol. The summed E-state index contributed by atoms with van der Waals surface area (Å²) >= 11 is 0. The van der Waals surface area contributed by atoms with Crippen molar-refractivity contribution >= 4 is 52.5 Å². The van der Waals surface area contributed by atoms with Crippen LogP contribution in [-0.4, -0.2) is 41.5 Å². The first-order valence-electron chi connectivity index (χ1n) is 15.6. The summed E-state index contributed by atoms with van der Waals surface area (Å²) in [6.45, 7) is 0.467. The maximum Gasteiger partial charge on any atom is 0.261 e. The fraction of sp³-hybridized carbons (Fsp3) is 0.333. The molecule has 214 valence electrons. The molecule has 2 heterocycles. The molecule has 5 nitrogen and oxygen atoms in total. The van der Waals surface area contributed by atoms with Crippen molar-refractivity contribution in [2.45, 2.75) is 63.5 Å². The molecule has 2 unspecified atom stereocenters. The molecular formula is C36H38N3O2P. The summed E-state index contributed by atoms with van der Waals surface area (Å²) in [6.07, 6.45) is 9.92. The van der Waals surface area contributed by atoms with Gasteiger partial charge in [0.15, 0.2) is 0 Å². The topological polar surface area (TPSA) is 61.4 Å². The molecule has 1 saturated carbocycles. The van der Waals surface area contributed by atoms with E-state index in [4.69, 9.17) is 0 Å². The number of rotatable bonds is 9. The third-order valence-electron chi connectivity index (χ3n) is 9.21. The summed E-state index contributed by atoms with van der Waals surface area (Å²) < 4.78 is 0. The number of hydrogen-bond acceptors (Lipinski definition) is 4. The average molecular weight is 576 g/mol. The van der Waals surface area contributed by atoms with Crippen molar-refractivity contribution in [2.75, 3.05) is 23.3 Å².